The zero-order valence-electron chi connectivity index (χ0n) is 14.6. The molecule has 0 aliphatic carbocycles. The van der Waals surface area contributed by atoms with Gasteiger partial charge in [-0.15, -0.1) is 11.8 Å². The first-order valence-electron chi connectivity index (χ1n) is 8.55. The number of rotatable bonds is 5. The van der Waals surface area contributed by atoms with Gasteiger partial charge in [0.05, 0.1) is 0 Å². The number of carbonyl (C=O) groups excluding carboxylic acids is 2. The van der Waals surface area contributed by atoms with Gasteiger partial charge in [-0.3, -0.25) is 9.59 Å². The number of carbonyl (C=O) groups is 2. The van der Waals surface area contributed by atoms with Crippen molar-refractivity contribution in [3.63, 3.8) is 0 Å². The van der Waals surface area contributed by atoms with E-state index >= 15 is 0 Å². The first kappa shape index (κ1) is 19.0. The van der Waals surface area contributed by atoms with Crippen LogP contribution in [0.2, 0.25) is 0 Å². The second-order valence-electron chi connectivity index (χ2n) is 6.23. The summed E-state index contributed by atoms with van der Waals surface area (Å²) >= 11 is 5.06. The predicted molar refractivity (Wildman–Crippen MR) is 108 cm³/mol. The molecule has 1 atom stereocenters. The van der Waals surface area contributed by atoms with Crippen LogP contribution < -0.4 is 5.32 Å². The zero-order chi connectivity index (χ0) is 18.5. The van der Waals surface area contributed by atoms with Crippen molar-refractivity contribution in [1.29, 1.82) is 0 Å². The number of hydrogen-bond acceptors (Lipinski definition) is 3. The van der Waals surface area contributed by atoms with Crippen molar-refractivity contribution >= 4 is 39.5 Å². The molecule has 1 unspecified atom stereocenters. The maximum atomic E-state index is 12.7. The van der Waals surface area contributed by atoms with Crippen molar-refractivity contribution in [3.8, 4) is 0 Å². The van der Waals surface area contributed by atoms with E-state index in [9.17, 15) is 9.59 Å². The molecule has 6 heteroatoms. The normalized spacial score (nSPS) is 16.5. The fourth-order valence-electron chi connectivity index (χ4n) is 3.09. The second-order valence-corrected chi connectivity index (χ2v) is 8.02. The fourth-order valence-corrected chi connectivity index (χ4v) is 3.76. The van der Waals surface area contributed by atoms with Crippen LogP contribution in [0.5, 0.6) is 0 Å². The Bertz CT molecular complexity index is 777. The van der Waals surface area contributed by atoms with E-state index in [0.717, 1.165) is 16.5 Å². The highest BCUT2D eigenvalue weighted by Gasteiger charge is 2.34. The highest BCUT2D eigenvalue weighted by Crippen LogP contribution is 2.22. The molecule has 3 rings (SSSR count). The van der Waals surface area contributed by atoms with Crippen molar-refractivity contribution in [2.75, 3.05) is 12.8 Å². The van der Waals surface area contributed by atoms with Crippen molar-refractivity contribution < 1.29 is 9.59 Å². The lowest BCUT2D eigenvalue weighted by Gasteiger charge is -2.24. The van der Waals surface area contributed by atoms with E-state index in [2.05, 4.69) is 21.2 Å². The van der Waals surface area contributed by atoms with Gasteiger partial charge < -0.3 is 10.2 Å². The van der Waals surface area contributed by atoms with Crippen LogP contribution >= 0.6 is 27.7 Å². The van der Waals surface area contributed by atoms with Gasteiger partial charge in [0.1, 0.15) is 6.04 Å². The van der Waals surface area contributed by atoms with E-state index in [1.165, 1.54) is 4.90 Å². The SMILES string of the molecule is CSc1ccc(CNC(=O)C2CCCN2C(=O)c2ccc(Br)cc2)cc1. The first-order chi connectivity index (χ1) is 12.6. The number of likely N-dealkylation sites (tertiary alicyclic amines) is 1. The second kappa shape index (κ2) is 8.73. The Kier molecular flexibility index (Phi) is 6.38. The van der Waals surface area contributed by atoms with Gasteiger partial charge in [-0.05, 0) is 61.1 Å². The largest absolute Gasteiger partial charge is 0.350 e. The minimum atomic E-state index is -0.392. The summed E-state index contributed by atoms with van der Waals surface area (Å²) in [6.07, 6.45) is 3.59. The van der Waals surface area contributed by atoms with Crippen molar-refractivity contribution in [1.82, 2.24) is 10.2 Å². The summed E-state index contributed by atoms with van der Waals surface area (Å²) in [7, 11) is 0. The lowest BCUT2D eigenvalue weighted by Crippen LogP contribution is -2.45. The Morgan fingerprint density at radius 1 is 1.15 bits per heavy atom. The molecule has 0 spiro atoms. The molecule has 1 N–H and O–H groups in total. The lowest BCUT2D eigenvalue weighted by atomic mass is 10.1. The summed E-state index contributed by atoms with van der Waals surface area (Å²) in [4.78, 5) is 28.3. The van der Waals surface area contributed by atoms with E-state index in [1.807, 2.05) is 42.7 Å². The van der Waals surface area contributed by atoms with Gasteiger partial charge in [-0.25, -0.2) is 0 Å². The molecule has 136 valence electrons. The Morgan fingerprint density at radius 3 is 2.50 bits per heavy atom. The van der Waals surface area contributed by atoms with Gasteiger partial charge in [-0.2, -0.15) is 0 Å². The standard InChI is InChI=1S/C20H21BrN2O2S/c1-26-17-10-4-14(5-11-17)13-22-19(24)18-3-2-12-23(18)20(25)15-6-8-16(21)9-7-15/h4-11,18H,2-3,12-13H2,1H3,(H,22,24). The van der Waals surface area contributed by atoms with E-state index in [1.54, 1.807) is 28.8 Å². The third kappa shape index (κ3) is 4.48. The van der Waals surface area contributed by atoms with Gasteiger partial charge in [0.2, 0.25) is 5.91 Å². The molecule has 1 aliphatic rings. The van der Waals surface area contributed by atoms with Gasteiger partial charge in [0.15, 0.2) is 0 Å². The van der Waals surface area contributed by atoms with E-state index < -0.39 is 6.04 Å². The molecule has 2 aromatic rings. The molecular weight excluding hydrogens is 412 g/mol. The Labute approximate surface area is 166 Å². The average molecular weight is 433 g/mol. The monoisotopic (exact) mass is 432 g/mol. The molecule has 1 aliphatic heterocycles. The lowest BCUT2D eigenvalue weighted by molar-refractivity contribution is -0.125. The van der Waals surface area contributed by atoms with E-state index in [-0.39, 0.29) is 11.8 Å². The summed E-state index contributed by atoms with van der Waals surface area (Å²) in [5.74, 6) is -0.165. The van der Waals surface area contributed by atoms with Crippen LogP contribution in [-0.4, -0.2) is 35.6 Å². The Hall–Kier alpha value is -1.79. The summed E-state index contributed by atoms with van der Waals surface area (Å²) in [5.41, 5.74) is 1.67. The van der Waals surface area contributed by atoms with Crippen LogP contribution in [0.3, 0.4) is 0 Å². The summed E-state index contributed by atoms with van der Waals surface area (Å²) < 4.78 is 0.928. The quantitative estimate of drug-likeness (QED) is 0.723. The molecule has 1 fully saturated rings. The van der Waals surface area contributed by atoms with E-state index in [0.29, 0.717) is 25.1 Å². The van der Waals surface area contributed by atoms with Crippen LogP contribution in [-0.2, 0) is 11.3 Å². The zero-order valence-corrected chi connectivity index (χ0v) is 17.0. The van der Waals surface area contributed by atoms with Crippen LogP contribution in [0.15, 0.2) is 57.9 Å². The number of benzene rings is 2. The van der Waals surface area contributed by atoms with Crippen LogP contribution in [0.1, 0.15) is 28.8 Å². The van der Waals surface area contributed by atoms with Crippen LogP contribution in [0, 0.1) is 0 Å². The van der Waals surface area contributed by atoms with Gasteiger partial charge in [0, 0.05) is 28.0 Å². The molecule has 0 aromatic heterocycles. The Morgan fingerprint density at radius 2 is 1.85 bits per heavy atom. The van der Waals surface area contributed by atoms with Crippen molar-refractivity contribution in [2.24, 2.45) is 0 Å². The minimum Gasteiger partial charge on any atom is -0.350 e. The van der Waals surface area contributed by atoms with Crippen LogP contribution in [0.25, 0.3) is 0 Å². The molecule has 4 nitrogen and oxygen atoms in total. The fraction of sp³-hybridized carbons (Fsp3) is 0.300. The van der Waals surface area contributed by atoms with Crippen molar-refractivity contribution in [3.05, 3.63) is 64.1 Å². The number of nitrogens with one attached hydrogen (secondary N) is 1. The van der Waals surface area contributed by atoms with Crippen LogP contribution in [0.4, 0.5) is 0 Å². The maximum absolute atomic E-state index is 12.7. The highest BCUT2D eigenvalue weighted by molar-refractivity contribution is 9.10. The molecule has 2 amide bonds. The first-order valence-corrected chi connectivity index (χ1v) is 10.6. The van der Waals surface area contributed by atoms with Crippen molar-refractivity contribution in [2.45, 2.75) is 30.3 Å². The molecule has 0 saturated carbocycles. The van der Waals surface area contributed by atoms with Gasteiger partial charge in [0.25, 0.3) is 5.91 Å². The van der Waals surface area contributed by atoms with Gasteiger partial charge in [-0.1, -0.05) is 28.1 Å². The highest BCUT2D eigenvalue weighted by atomic mass is 79.9. The molecule has 0 radical (unpaired) electrons. The summed E-state index contributed by atoms with van der Waals surface area (Å²) in [6, 6.07) is 15.0. The molecule has 26 heavy (non-hydrogen) atoms. The molecular formula is C20H21BrN2O2S. The molecule has 1 heterocycles. The average Bonchev–Trinajstić information content (AvgIpc) is 3.16. The third-order valence-electron chi connectivity index (χ3n) is 4.53. The molecule has 2 aromatic carbocycles. The molecule has 0 bridgehead atoms. The number of nitrogens with zero attached hydrogens (tertiary/aromatic N) is 1. The van der Waals surface area contributed by atoms with E-state index in [4.69, 9.17) is 0 Å². The Balaban J connectivity index is 1.62. The number of amides is 2. The molecule has 1 saturated heterocycles. The number of halogens is 1. The number of hydrogen-bond donors (Lipinski definition) is 1. The van der Waals surface area contributed by atoms with Gasteiger partial charge >= 0.3 is 0 Å². The smallest absolute Gasteiger partial charge is 0.254 e. The predicted octanol–water partition coefficient (Wildman–Crippen LogP) is 4.09. The number of thioether (sulfide) groups is 1. The summed E-state index contributed by atoms with van der Waals surface area (Å²) in [5, 5.41) is 2.98. The third-order valence-corrected chi connectivity index (χ3v) is 5.81. The maximum Gasteiger partial charge on any atom is 0.254 e. The topological polar surface area (TPSA) is 49.4 Å². The minimum absolute atomic E-state index is 0.0816. The summed E-state index contributed by atoms with van der Waals surface area (Å²) in [6.45, 7) is 1.10.